The SMILES string of the molecule is CN(C)CCOc1ccc2c(c1)CCNC2c1cccc([N+](=O)[O-])c1. The second-order valence-electron chi connectivity index (χ2n) is 6.50. The van der Waals surface area contributed by atoms with Gasteiger partial charge in [-0.1, -0.05) is 18.2 Å². The van der Waals surface area contributed by atoms with Crippen LogP contribution in [0.2, 0.25) is 0 Å². The fourth-order valence-electron chi connectivity index (χ4n) is 3.09. The predicted molar refractivity (Wildman–Crippen MR) is 97.1 cm³/mol. The van der Waals surface area contributed by atoms with Gasteiger partial charge in [-0.3, -0.25) is 10.1 Å². The molecule has 1 aliphatic heterocycles. The van der Waals surface area contributed by atoms with Crippen molar-refractivity contribution in [3.05, 3.63) is 69.3 Å². The zero-order valence-electron chi connectivity index (χ0n) is 14.6. The Hall–Kier alpha value is -2.44. The summed E-state index contributed by atoms with van der Waals surface area (Å²) < 4.78 is 5.82. The summed E-state index contributed by atoms with van der Waals surface area (Å²) in [7, 11) is 4.04. The summed E-state index contributed by atoms with van der Waals surface area (Å²) in [6.45, 7) is 2.36. The third-order valence-corrected chi connectivity index (χ3v) is 4.39. The predicted octanol–water partition coefficient (Wildman–Crippen LogP) is 2.77. The van der Waals surface area contributed by atoms with E-state index in [1.165, 1.54) is 11.6 Å². The average molecular weight is 341 g/mol. The molecule has 0 saturated heterocycles. The number of nitrogens with zero attached hydrogens (tertiary/aromatic N) is 2. The van der Waals surface area contributed by atoms with Crippen LogP contribution in [0.15, 0.2) is 42.5 Å². The number of benzene rings is 2. The minimum Gasteiger partial charge on any atom is -0.492 e. The number of ether oxygens (including phenoxy) is 1. The van der Waals surface area contributed by atoms with Crippen LogP contribution in [0.5, 0.6) is 5.75 Å². The summed E-state index contributed by atoms with van der Waals surface area (Å²) in [5.41, 5.74) is 3.43. The Balaban J connectivity index is 1.82. The molecule has 0 aromatic heterocycles. The van der Waals surface area contributed by atoms with Gasteiger partial charge in [-0.15, -0.1) is 0 Å². The fourth-order valence-corrected chi connectivity index (χ4v) is 3.09. The lowest BCUT2D eigenvalue weighted by Crippen LogP contribution is -2.30. The molecule has 132 valence electrons. The second kappa shape index (κ2) is 7.63. The summed E-state index contributed by atoms with van der Waals surface area (Å²) in [6.07, 6.45) is 0.922. The highest BCUT2D eigenvalue weighted by Crippen LogP contribution is 2.32. The highest BCUT2D eigenvalue weighted by molar-refractivity contribution is 5.46. The number of nitro benzene ring substituents is 1. The van der Waals surface area contributed by atoms with Gasteiger partial charge in [0.05, 0.1) is 11.0 Å². The summed E-state index contributed by atoms with van der Waals surface area (Å²) >= 11 is 0. The number of likely N-dealkylation sites (N-methyl/N-ethyl adjacent to an activating group) is 1. The molecule has 2 aromatic carbocycles. The van der Waals surface area contributed by atoms with Crippen LogP contribution < -0.4 is 10.1 Å². The van der Waals surface area contributed by atoms with Crippen molar-refractivity contribution in [2.75, 3.05) is 33.8 Å². The van der Waals surface area contributed by atoms with Crippen LogP contribution >= 0.6 is 0 Å². The monoisotopic (exact) mass is 341 g/mol. The normalized spacial score (nSPS) is 16.5. The van der Waals surface area contributed by atoms with Gasteiger partial charge < -0.3 is 15.0 Å². The Morgan fingerprint density at radius 3 is 2.88 bits per heavy atom. The average Bonchev–Trinajstić information content (AvgIpc) is 2.61. The molecule has 0 aliphatic carbocycles. The van der Waals surface area contributed by atoms with Gasteiger partial charge in [0.2, 0.25) is 0 Å². The van der Waals surface area contributed by atoms with Crippen LogP contribution in [0, 0.1) is 10.1 Å². The summed E-state index contributed by atoms with van der Waals surface area (Å²) in [5, 5.41) is 14.5. The topological polar surface area (TPSA) is 67.6 Å². The number of rotatable bonds is 6. The highest BCUT2D eigenvalue weighted by atomic mass is 16.6. The summed E-state index contributed by atoms with van der Waals surface area (Å²) in [4.78, 5) is 12.8. The number of fused-ring (bicyclic) bond motifs is 1. The van der Waals surface area contributed by atoms with E-state index < -0.39 is 0 Å². The van der Waals surface area contributed by atoms with Gasteiger partial charge >= 0.3 is 0 Å². The van der Waals surface area contributed by atoms with Gasteiger partial charge in [0.1, 0.15) is 12.4 Å². The zero-order valence-corrected chi connectivity index (χ0v) is 14.6. The van der Waals surface area contributed by atoms with Crippen molar-refractivity contribution in [3.8, 4) is 5.75 Å². The lowest BCUT2D eigenvalue weighted by molar-refractivity contribution is -0.384. The van der Waals surface area contributed by atoms with Crippen molar-refractivity contribution in [1.29, 1.82) is 0 Å². The van der Waals surface area contributed by atoms with Gasteiger partial charge in [-0.05, 0) is 49.3 Å². The molecule has 6 heteroatoms. The maximum absolute atomic E-state index is 11.0. The molecule has 1 N–H and O–H groups in total. The third kappa shape index (κ3) is 4.15. The van der Waals surface area contributed by atoms with E-state index in [1.807, 2.05) is 26.2 Å². The van der Waals surface area contributed by atoms with Crippen molar-refractivity contribution in [3.63, 3.8) is 0 Å². The number of nitro groups is 1. The molecule has 25 heavy (non-hydrogen) atoms. The van der Waals surface area contributed by atoms with E-state index >= 15 is 0 Å². The molecule has 1 aliphatic rings. The molecule has 2 aromatic rings. The van der Waals surface area contributed by atoms with E-state index in [-0.39, 0.29) is 16.7 Å². The maximum Gasteiger partial charge on any atom is 0.269 e. The molecule has 0 fully saturated rings. The first-order chi connectivity index (χ1) is 12.0. The summed E-state index contributed by atoms with van der Waals surface area (Å²) in [5.74, 6) is 0.875. The van der Waals surface area contributed by atoms with E-state index in [4.69, 9.17) is 4.74 Å². The molecule has 6 nitrogen and oxygen atoms in total. The maximum atomic E-state index is 11.0. The molecule has 1 unspecified atom stereocenters. The Labute approximate surface area is 147 Å². The third-order valence-electron chi connectivity index (χ3n) is 4.39. The van der Waals surface area contributed by atoms with Gasteiger partial charge in [-0.2, -0.15) is 0 Å². The van der Waals surface area contributed by atoms with Crippen molar-refractivity contribution in [2.24, 2.45) is 0 Å². The van der Waals surface area contributed by atoms with E-state index in [0.29, 0.717) is 6.61 Å². The number of hydrogen-bond acceptors (Lipinski definition) is 5. The second-order valence-corrected chi connectivity index (χ2v) is 6.50. The first-order valence-electron chi connectivity index (χ1n) is 8.42. The minimum atomic E-state index is -0.352. The molecule has 0 amide bonds. The van der Waals surface area contributed by atoms with E-state index in [9.17, 15) is 10.1 Å². The number of non-ortho nitro benzene ring substituents is 1. The fraction of sp³-hybridized carbons (Fsp3) is 0.368. The van der Waals surface area contributed by atoms with E-state index in [1.54, 1.807) is 12.1 Å². The number of hydrogen-bond donors (Lipinski definition) is 1. The molecule has 0 radical (unpaired) electrons. The molecule has 0 bridgehead atoms. The van der Waals surface area contributed by atoms with Crippen molar-refractivity contribution < 1.29 is 9.66 Å². The highest BCUT2D eigenvalue weighted by Gasteiger charge is 2.23. The smallest absolute Gasteiger partial charge is 0.269 e. The van der Waals surface area contributed by atoms with Gasteiger partial charge in [0, 0.05) is 25.2 Å². The lowest BCUT2D eigenvalue weighted by atomic mass is 9.89. The van der Waals surface area contributed by atoms with Crippen LogP contribution in [0.4, 0.5) is 5.69 Å². The Kier molecular flexibility index (Phi) is 5.31. The standard InChI is InChI=1S/C19H23N3O3/c1-21(2)10-11-25-17-6-7-18-14(13-17)8-9-20-19(18)15-4-3-5-16(12-15)22(23)24/h3-7,12-13,19-20H,8-11H2,1-2H3. The molecule has 3 rings (SSSR count). The Morgan fingerprint density at radius 1 is 1.28 bits per heavy atom. The van der Waals surface area contributed by atoms with Gasteiger partial charge in [-0.25, -0.2) is 0 Å². The molecule has 0 saturated carbocycles. The Morgan fingerprint density at radius 2 is 2.12 bits per heavy atom. The first kappa shape index (κ1) is 17.4. The van der Waals surface area contributed by atoms with Gasteiger partial charge in [0.25, 0.3) is 5.69 Å². The quantitative estimate of drug-likeness (QED) is 0.646. The van der Waals surface area contributed by atoms with Crippen molar-refractivity contribution in [2.45, 2.75) is 12.5 Å². The zero-order chi connectivity index (χ0) is 17.8. The largest absolute Gasteiger partial charge is 0.492 e. The molecule has 1 atom stereocenters. The van der Waals surface area contributed by atoms with Crippen LogP contribution in [0.1, 0.15) is 22.7 Å². The van der Waals surface area contributed by atoms with E-state index in [2.05, 4.69) is 22.3 Å². The molecular formula is C19H23N3O3. The van der Waals surface area contributed by atoms with Gasteiger partial charge in [0.15, 0.2) is 0 Å². The lowest BCUT2D eigenvalue weighted by Gasteiger charge is -2.27. The Bertz CT molecular complexity index is 761. The molecule has 1 heterocycles. The summed E-state index contributed by atoms with van der Waals surface area (Å²) in [6, 6.07) is 12.9. The van der Waals surface area contributed by atoms with Crippen LogP contribution in [0.25, 0.3) is 0 Å². The van der Waals surface area contributed by atoms with Crippen LogP contribution in [-0.4, -0.2) is 43.6 Å². The van der Waals surface area contributed by atoms with Crippen molar-refractivity contribution in [1.82, 2.24) is 10.2 Å². The van der Waals surface area contributed by atoms with Crippen LogP contribution in [-0.2, 0) is 6.42 Å². The minimum absolute atomic E-state index is 0.0283. The first-order valence-corrected chi connectivity index (χ1v) is 8.42. The molecule has 0 spiro atoms. The van der Waals surface area contributed by atoms with Crippen LogP contribution in [0.3, 0.4) is 0 Å². The molecular weight excluding hydrogens is 318 g/mol. The number of nitrogens with one attached hydrogen (secondary N) is 1. The van der Waals surface area contributed by atoms with Crippen molar-refractivity contribution >= 4 is 5.69 Å². The van der Waals surface area contributed by atoms with E-state index in [0.717, 1.165) is 36.4 Å².